The third-order valence-corrected chi connectivity index (χ3v) is 7.37. The Kier molecular flexibility index (Phi) is 2.92. The standard InChI is InChI=1S/C19H23NO2/c1-18-8-7-16-14(15(18)4-5-17(18)22)3-2-12-10-13(21)6-9-19(12,16)11-20/h2,14-16H,3-10H2,1H3/t14-,15-,16-,18-,19+/m0/s1. The van der Waals surface area contributed by atoms with Crippen molar-refractivity contribution in [3.05, 3.63) is 11.6 Å². The average molecular weight is 297 g/mol. The molecule has 0 amide bonds. The molecule has 0 heterocycles. The molecule has 3 fully saturated rings. The van der Waals surface area contributed by atoms with Crippen molar-refractivity contribution in [3.63, 3.8) is 0 Å². The lowest BCUT2D eigenvalue weighted by molar-refractivity contribution is -0.131. The fourth-order valence-electron chi connectivity index (χ4n) is 6.12. The first kappa shape index (κ1) is 14.2. The predicted molar refractivity (Wildman–Crippen MR) is 81.7 cm³/mol. The van der Waals surface area contributed by atoms with Gasteiger partial charge in [0, 0.05) is 24.7 Å². The predicted octanol–water partition coefficient (Wildman–Crippen LogP) is 3.59. The Morgan fingerprint density at radius 2 is 2.00 bits per heavy atom. The van der Waals surface area contributed by atoms with E-state index < -0.39 is 5.41 Å². The maximum Gasteiger partial charge on any atom is 0.139 e. The van der Waals surface area contributed by atoms with Crippen LogP contribution in [-0.2, 0) is 9.59 Å². The molecule has 4 rings (SSSR count). The summed E-state index contributed by atoms with van der Waals surface area (Å²) >= 11 is 0. The number of hydrogen-bond donors (Lipinski definition) is 0. The van der Waals surface area contributed by atoms with E-state index in [-0.39, 0.29) is 11.2 Å². The van der Waals surface area contributed by atoms with E-state index in [4.69, 9.17) is 0 Å². The van der Waals surface area contributed by atoms with Gasteiger partial charge in [-0.05, 0) is 55.4 Å². The minimum Gasteiger partial charge on any atom is -0.299 e. The number of carbonyl (C=O) groups excluding carboxylic acids is 2. The Morgan fingerprint density at radius 3 is 2.77 bits per heavy atom. The summed E-state index contributed by atoms with van der Waals surface area (Å²) in [6.07, 6.45) is 8.52. The summed E-state index contributed by atoms with van der Waals surface area (Å²) in [6, 6.07) is 2.64. The highest BCUT2D eigenvalue weighted by molar-refractivity contribution is 5.87. The van der Waals surface area contributed by atoms with E-state index in [0.717, 1.165) is 37.7 Å². The van der Waals surface area contributed by atoms with Crippen LogP contribution in [0, 0.1) is 39.9 Å². The fourth-order valence-corrected chi connectivity index (χ4v) is 6.12. The van der Waals surface area contributed by atoms with Crippen LogP contribution in [0.3, 0.4) is 0 Å². The number of rotatable bonds is 0. The molecule has 5 atom stereocenters. The van der Waals surface area contributed by atoms with Crippen LogP contribution in [0.5, 0.6) is 0 Å². The van der Waals surface area contributed by atoms with Gasteiger partial charge in [0.2, 0.25) is 0 Å². The van der Waals surface area contributed by atoms with Gasteiger partial charge in [0.15, 0.2) is 0 Å². The number of allylic oxidation sites excluding steroid dienone is 2. The molecule has 0 aliphatic heterocycles. The topological polar surface area (TPSA) is 57.9 Å². The van der Waals surface area contributed by atoms with Gasteiger partial charge in [-0.1, -0.05) is 13.0 Å². The van der Waals surface area contributed by atoms with Crippen LogP contribution in [0.1, 0.15) is 58.3 Å². The van der Waals surface area contributed by atoms with E-state index >= 15 is 0 Å². The third-order valence-electron chi connectivity index (χ3n) is 7.37. The summed E-state index contributed by atoms with van der Waals surface area (Å²) in [7, 11) is 0. The van der Waals surface area contributed by atoms with Gasteiger partial charge in [-0.2, -0.15) is 5.26 Å². The monoisotopic (exact) mass is 297 g/mol. The lowest BCUT2D eigenvalue weighted by Gasteiger charge is -2.54. The van der Waals surface area contributed by atoms with Gasteiger partial charge < -0.3 is 0 Å². The molecule has 0 N–H and O–H groups in total. The number of hydrogen-bond acceptors (Lipinski definition) is 3. The van der Waals surface area contributed by atoms with E-state index in [2.05, 4.69) is 19.1 Å². The first-order valence-corrected chi connectivity index (χ1v) is 8.67. The highest BCUT2D eigenvalue weighted by Gasteiger charge is 2.60. The molecule has 0 radical (unpaired) electrons. The fraction of sp³-hybridized carbons (Fsp3) is 0.737. The molecule has 3 saturated carbocycles. The second-order valence-electron chi connectivity index (χ2n) is 8.06. The zero-order valence-corrected chi connectivity index (χ0v) is 13.2. The molecule has 22 heavy (non-hydrogen) atoms. The molecule has 4 aliphatic carbocycles. The normalized spacial score (nSPS) is 47.1. The highest BCUT2D eigenvalue weighted by atomic mass is 16.1. The maximum atomic E-state index is 12.4. The summed E-state index contributed by atoms with van der Waals surface area (Å²) in [4.78, 5) is 24.2. The Hall–Kier alpha value is -1.43. The molecule has 0 aromatic rings. The first-order valence-electron chi connectivity index (χ1n) is 8.67. The molecule has 0 spiro atoms. The van der Waals surface area contributed by atoms with Gasteiger partial charge >= 0.3 is 0 Å². The molecule has 3 nitrogen and oxygen atoms in total. The first-order chi connectivity index (χ1) is 10.5. The van der Waals surface area contributed by atoms with Crippen molar-refractivity contribution in [1.29, 1.82) is 5.26 Å². The smallest absolute Gasteiger partial charge is 0.139 e. The van der Waals surface area contributed by atoms with Gasteiger partial charge in [0.1, 0.15) is 11.6 Å². The third kappa shape index (κ3) is 1.62. The van der Waals surface area contributed by atoms with Crippen LogP contribution in [0.4, 0.5) is 0 Å². The second-order valence-corrected chi connectivity index (χ2v) is 8.06. The quantitative estimate of drug-likeness (QED) is 0.642. The van der Waals surface area contributed by atoms with Crippen LogP contribution >= 0.6 is 0 Å². The van der Waals surface area contributed by atoms with E-state index in [1.54, 1.807) is 0 Å². The lowest BCUT2D eigenvalue weighted by atomic mass is 9.48. The SMILES string of the molecule is C[C@]12CC[C@H]3[C@@H](CC=C4CC(=O)CC[C@@]43C#N)[C@@H]1CCC2=O. The zero-order valence-electron chi connectivity index (χ0n) is 13.2. The summed E-state index contributed by atoms with van der Waals surface area (Å²) < 4.78 is 0. The molecule has 116 valence electrons. The molecule has 4 aliphatic rings. The number of nitriles is 1. The van der Waals surface area contributed by atoms with Crippen molar-refractivity contribution in [2.75, 3.05) is 0 Å². The van der Waals surface area contributed by atoms with Crippen molar-refractivity contribution in [3.8, 4) is 6.07 Å². The largest absolute Gasteiger partial charge is 0.299 e. The highest BCUT2D eigenvalue weighted by Crippen LogP contribution is 2.63. The minimum atomic E-state index is -0.413. The van der Waals surface area contributed by atoms with Crippen LogP contribution in [0.2, 0.25) is 0 Å². The molecule has 0 aromatic heterocycles. The van der Waals surface area contributed by atoms with Gasteiger partial charge in [0.05, 0.1) is 11.5 Å². The summed E-state index contributed by atoms with van der Waals surface area (Å²) in [5.41, 5.74) is 0.540. The number of carbonyl (C=O) groups is 2. The van der Waals surface area contributed by atoms with Crippen LogP contribution in [0.15, 0.2) is 11.6 Å². The molecular weight excluding hydrogens is 274 g/mol. The van der Waals surface area contributed by atoms with Crippen molar-refractivity contribution in [2.24, 2.45) is 28.6 Å². The van der Waals surface area contributed by atoms with Crippen LogP contribution in [-0.4, -0.2) is 11.6 Å². The number of nitrogens with zero attached hydrogens (tertiary/aromatic N) is 1. The second kappa shape index (κ2) is 4.54. The lowest BCUT2D eigenvalue weighted by Crippen LogP contribution is -2.50. The summed E-state index contributed by atoms with van der Waals surface area (Å²) in [5, 5.41) is 9.99. The number of Topliss-reactive ketones (excluding diaryl/α,β-unsaturated/α-hetero) is 2. The van der Waals surface area contributed by atoms with Crippen molar-refractivity contribution >= 4 is 11.6 Å². The van der Waals surface area contributed by atoms with E-state index in [1.807, 2.05) is 0 Å². The van der Waals surface area contributed by atoms with Gasteiger partial charge in [-0.15, -0.1) is 0 Å². The molecule has 0 bridgehead atoms. The maximum absolute atomic E-state index is 12.4. The summed E-state index contributed by atoms with van der Waals surface area (Å²) in [6.45, 7) is 2.16. The Bertz CT molecular complexity index is 628. The van der Waals surface area contributed by atoms with Crippen LogP contribution in [0.25, 0.3) is 0 Å². The van der Waals surface area contributed by atoms with Gasteiger partial charge in [-0.3, -0.25) is 9.59 Å². The van der Waals surface area contributed by atoms with E-state index in [9.17, 15) is 14.9 Å². The van der Waals surface area contributed by atoms with E-state index in [1.165, 1.54) is 0 Å². The number of ketones is 2. The van der Waals surface area contributed by atoms with Crippen molar-refractivity contribution in [2.45, 2.75) is 58.3 Å². The number of fused-ring (bicyclic) bond motifs is 5. The molecule has 0 unspecified atom stereocenters. The summed E-state index contributed by atoms with van der Waals surface area (Å²) in [5.74, 6) is 1.98. The van der Waals surface area contributed by atoms with E-state index in [0.29, 0.717) is 42.8 Å². The van der Waals surface area contributed by atoms with Crippen LogP contribution < -0.4 is 0 Å². The molecular formula is C19H23NO2. The Morgan fingerprint density at radius 1 is 1.18 bits per heavy atom. The van der Waals surface area contributed by atoms with Crippen molar-refractivity contribution in [1.82, 2.24) is 0 Å². The minimum absolute atomic E-state index is 0.145. The molecule has 0 saturated heterocycles. The van der Waals surface area contributed by atoms with Gasteiger partial charge in [-0.25, -0.2) is 0 Å². The molecule has 0 aromatic carbocycles. The zero-order chi connectivity index (χ0) is 15.5. The Labute approximate surface area is 131 Å². The van der Waals surface area contributed by atoms with Gasteiger partial charge in [0.25, 0.3) is 0 Å². The molecule has 3 heteroatoms. The average Bonchev–Trinajstić information content (AvgIpc) is 2.82. The van der Waals surface area contributed by atoms with Crippen molar-refractivity contribution < 1.29 is 9.59 Å². The Balaban J connectivity index is 1.75.